The fourth-order valence-electron chi connectivity index (χ4n) is 1.99. The van der Waals surface area contributed by atoms with Gasteiger partial charge in [0.25, 0.3) is 0 Å². The highest BCUT2D eigenvalue weighted by Gasteiger charge is 2.36. The van der Waals surface area contributed by atoms with E-state index in [1.54, 1.807) is 4.90 Å². The number of carbonyl (C=O) groups excluding carboxylic acids is 1. The van der Waals surface area contributed by atoms with Crippen LogP contribution in [0.15, 0.2) is 24.3 Å². The molecule has 4 heteroatoms. The van der Waals surface area contributed by atoms with Gasteiger partial charge in [-0.3, -0.25) is 4.90 Å². The maximum absolute atomic E-state index is 11.6. The number of hydrogen-bond acceptors (Lipinski definition) is 2. The van der Waals surface area contributed by atoms with Gasteiger partial charge in [-0.25, -0.2) is 4.79 Å². The van der Waals surface area contributed by atoms with Gasteiger partial charge in [-0.15, -0.1) is 0 Å². The Balaban J connectivity index is 2.34. The summed E-state index contributed by atoms with van der Waals surface area (Å²) in [4.78, 5) is 13.3. The van der Waals surface area contributed by atoms with Gasteiger partial charge in [-0.2, -0.15) is 0 Å². The summed E-state index contributed by atoms with van der Waals surface area (Å²) in [6, 6.07) is 7.60. The Labute approximate surface area is 100.0 Å². The van der Waals surface area contributed by atoms with Crippen LogP contribution in [0.1, 0.15) is 25.5 Å². The molecule has 0 saturated carbocycles. The monoisotopic (exact) mass is 239 g/mol. The topological polar surface area (TPSA) is 29.5 Å². The Morgan fingerprint density at radius 3 is 2.75 bits per heavy atom. The van der Waals surface area contributed by atoms with E-state index in [2.05, 4.69) is 0 Å². The van der Waals surface area contributed by atoms with Crippen molar-refractivity contribution in [1.29, 1.82) is 0 Å². The lowest BCUT2D eigenvalue weighted by molar-refractivity contribution is 0.149. The standard InChI is InChI=1S/C12H14ClNO2/c1-8(2)14-11(7-16-12(14)15)9-5-3-4-6-10(9)13/h3-6,8,11H,7H2,1-2H3. The van der Waals surface area contributed by atoms with Crippen LogP contribution < -0.4 is 0 Å². The minimum atomic E-state index is -0.264. The first-order chi connectivity index (χ1) is 7.61. The number of cyclic esters (lactones) is 1. The second-order valence-corrected chi connectivity index (χ2v) is 4.52. The maximum atomic E-state index is 11.6. The van der Waals surface area contributed by atoms with Gasteiger partial charge in [0.1, 0.15) is 6.61 Å². The molecule has 16 heavy (non-hydrogen) atoms. The van der Waals surface area contributed by atoms with Gasteiger partial charge in [0, 0.05) is 11.1 Å². The van der Waals surface area contributed by atoms with Crippen LogP contribution in [0.2, 0.25) is 5.02 Å². The molecule has 1 fully saturated rings. The van der Waals surface area contributed by atoms with Crippen LogP contribution in [0, 0.1) is 0 Å². The summed E-state index contributed by atoms with van der Waals surface area (Å²) < 4.78 is 5.08. The van der Waals surface area contributed by atoms with E-state index < -0.39 is 0 Å². The summed E-state index contributed by atoms with van der Waals surface area (Å²) in [6.07, 6.45) is -0.264. The zero-order valence-electron chi connectivity index (χ0n) is 9.31. The molecule has 1 saturated heterocycles. The molecule has 1 heterocycles. The number of halogens is 1. The molecule has 1 aliphatic rings. The number of carbonyl (C=O) groups is 1. The zero-order chi connectivity index (χ0) is 11.7. The van der Waals surface area contributed by atoms with Crippen molar-refractivity contribution in [3.8, 4) is 0 Å². The van der Waals surface area contributed by atoms with Crippen LogP contribution in [-0.4, -0.2) is 23.6 Å². The molecular formula is C12H14ClNO2. The predicted octanol–water partition coefficient (Wildman–Crippen LogP) is 3.24. The highest BCUT2D eigenvalue weighted by atomic mass is 35.5. The van der Waals surface area contributed by atoms with Crippen molar-refractivity contribution in [3.05, 3.63) is 34.9 Å². The van der Waals surface area contributed by atoms with E-state index in [0.717, 1.165) is 5.56 Å². The Hall–Kier alpha value is -1.22. The molecule has 1 atom stereocenters. The number of nitrogens with zero attached hydrogens (tertiary/aromatic N) is 1. The molecule has 0 N–H and O–H groups in total. The lowest BCUT2D eigenvalue weighted by Gasteiger charge is -2.25. The van der Waals surface area contributed by atoms with Crippen LogP contribution >= 0.6 is 11.6 Å². The zero-order valence-corrected chi connectivity index (χ0v) is 10.1. The molecule has 3 nitrogen and oxygen atoms in total. The van der Waals surface area contributed by atoms with Gasteiger partial charge in [-0.05, 0) is 25.5 Å². The fraction of sp³-hybridized carbons (Fsp3) is 0.417. The quantitative estimate of drug-likeness (QED) is 0.793. The van der Waals surface area contributed by atoms with Crippen LogP contribution in [0.3, 0.4) is 0 Å². The lowest BCUT2D eigenvalue weighted by Crippen LogP contribution is -2.34. The molecule has 0 bridgehead atoms. The minimum absolute atomic E-state index is 0.0683. The first-order valence-electron chi connectivity index (χ1n) is 5.30. The first kappa shape index (κ1) is 11.3. The van der Waals surface area contributed by atoms with Gasteiger partial charge in [0.2, 0.25) is 0 Å². The van der Waals surface area contributed by atoms with E-state index in [1.807, 2.05) is 38.1 Å². The third kappa shape index (κ3) is 1.87. The van der Waals surface area contributed by atoms with Crippen molar-refractivity contribution < 1.29 is 9.53 Å². The van der Waals surface area contributed by atoms with E-state index in [0.29, 0.717) is 11.6 Å². The number of rotatable bonds is 2. The van der Waals surface area contributed by atoms with E-state index in [4.69, 9.17) is 16.3 Å². The molecule has 1 aliphatic heterocycles. The summed E-state index contributed by atoms with van der Waals surface area (Å²) in [5, 5.41) is 0.677. The van der Waals surface area contributed by atoms with Crippen molar-refractivity contribution >= 4 is 17.7 Å². The highest BCUT2D eigenvalue weighted by Crippen LogP contribution is 2.33. The molecule has 1 amide bonds. The molecule has 86 valence electrons. The molecule has 0 spiro atoms. The number of benzene rings is 1. The third-order valence-corrected chi connectivity index (χ3v) is 3.08. The molecule has 1 aromatic carbocycles. The number of hydrogen-bond donors (Lipinski definition) is 0. The summed E-state index contributed by atoms with van der Waals surface area (Å²) in [6.45, 7) is 4.31. The van der Waals surface area contributed by atoms with Crippen LogP contribution in [0.5, 0.6) is 0 Å². The molecule has 0 radical (unpaired) electrons. The first-order valence-corrected chi connectivity index (χ1v) is 5.68. The number of amides is 1. The van der Waals surface area contributed by atoms with Crippen molar-refractivity contribution in [1.82, 2.24) is 4.90 Å². The lowest BCUT2D eigenvalue weighted by atomic mass is 10.1. The van der Waals surface area contributed by atoms with E-state index in [1.165, 1.54) is 0 Å². The van der Waals surface area contributed by atoms with Gasteiger partial charge in [0.15, 0.2) is 0 Å². The van der Waals surface area contributed by atoms with Crippen LogP contribution in [0.25, 0.3) is 0 Å². The van der Waals surface area contributed by atoms with E-state index in [9.17, 15) is 4.79 Å². The predicted molar refractivity (Wildman–Crippen MR) is 62.5 cm³/mol. The smallest absolute Gasteiger partial charge is 0.410 e. The third-order valence-electron chi connectivity index (χ3n) is 2.73. The van der Waals surface area contributed by atoms with Crippen molar-refractivity contribution in [2.45, 2.75) is 25.9 Å². The van der Waals surface area contributed by atoms with Gasteiger partial charge < -0.3 is 4.74 Å². The largest absolute Gasteiger partial charge is 0.447 e. The highest BCUT2D eigenvalue weighted by molar-refractivity contribution is 6.31. The second-order valence-electron chi connectivity index (χ2n) is 4.12. The molecular weight excluding hydrogens is 226 g/mol. The van der Waals surface area contributed by atoms with Gasteiger partial charge in [0.05, 0.1) is 6.04 Å². The Kier molecular flexibility index (Phi) is 3.06. The minimum Gasteiger partial charge on any atom is -0.447 e. The van der Waals surface area contributed by atoms with Gasteiger partial charge >= 0.3 is 6.09 Å². The van der Waals surface area contributed by atoms with E-state index >= 15 is 0 Å². The molecule has 0 aliphatic carbocycles. The summed E-state index contributed by atoms with van der Waals surface area (Å²) in [5.74, 6) is 0. The van der Waals surface area contributed by atoms with Crippen LogP contribution in [-0.2, 0) is 4.74 Å². The molecule has 0 aromatic heterocycles. The summed E-state index contributed by atoms with van der Waals surface area (Å²) >= 11 is 6.13. The van der Waals surface area contributed by atoms with Crippen molar-refractivity contribution in [3.63, 3.8) is 0 Å². The second kappa shape index (κ2) is 4.34. The van der Waals surface area contributed by atoms with Crippen LogP contribution in [0.4, 0.5) is 4.79 Å². The fourth-order valence-corrected chi connectivity index (χ4v) is 2.25. The molecule has 1 aromatic rings. The van der Waals surface area contributed by atoms with Crippen molar-refractivity contribution in [2.75, 3.05) is 6.61 Å². The Morgan fingerprint density at radius 1 is 1.44 bits per heavy atom. The van der Waals surface area contributed by atoms with Gasteiger partial charge in [-0.1, -0.05) is 29.8 Å². The molecule has 2 rings (SSSR count). The number of ether oxygens (including phenoxy) is 1. The summed E-state index contributed by atoms with van der Waals surface area (Å²) in [5.41, 5.74) is 0.948. The SMILES string of the molecule is CC(C)N1C(=O)OCC1c1ccccc1Cl. The summed E-state index contributed by atoms with van der Waals surface area (Å²) in [7, 11) is 0. The Bertz CT molecular complexity index is 406. The van der Waals surface area contributed by atoms with E-state index in [-0.39, 0.29) is 18.2 Å². The normalized spacial score (nSPS) is 20.4. The molecule has 1 unspecified atom stereocenters. The van der Waals surface area contributed by atoms with Crippen molar-refractivity contribution in [2.24, 2.45) is 0 Å². The Morgan fingerprint density at radius 2 is 2.12 bits per heavy atom. The average molecular weight is 240 g/mol. The maximum Gasteiger partial charge on any atom is 0.410 e. The average Bonchev–Trinajstić information content (AvgIpc) is 2.61.